The lowest BCUT2D eigenvalue weighted by Gasteiger charge is -2.26. The smallest absolute Gasteiger partial charge is 0.229 e. The Kier molecular flexibility index (Phi) is 9.27. The molecular weight excluding hydrogens is 429 g/mol. The summed E-state index contributed by atoms with van der Waals surface area (Å²) >= 11 is 5.45. The number of guanidine groups is 1. The van der Waals surface area contributed by atoms with Crippen LogP contribution < -0.4 is 16.0 Å². The molecule has 2 aromatic rings. The molecule has 32 heavy (non-hydrogen) atoms. The molecule has 0 atom stereocenters. The number of halogens is 1. The van der Waals surface area contributed by atoms with Gasteiger partial charge in [0.25, 0.3) is 0 Å². The number of benzene rings is 1. The summed E-state index contributed by atoms with van der Waals surface area (Å²) in [5.41, 5.74) is 2.57. The Morgan fingerprint density at radius 3 is 2.53 bits per heavy atom. The van der Waals surface area contributed by atoms with Crippen LogP contribution in [0.2, 0.25) is 0 Å². The minimum atomic E-state index is -0.278. The van der Waals surface area contributed by atoms with E-state index in [1.54, 1.807) is 12.1 Å². The summed E-state index contributed by atoms with van der Waals surface area (Å²) in [6.45, 7) is 9.45. The van der Waals surface area contributed by atoms with Gasteiger partial charge in [0, 0.05) is 31.0 Å². The molecule has 3 rings (SSSR count). The van der Waals surface area contributed by atoms with Crippen LogP contribution in [-0.2, 0) is 11.3 Å². The molecular formula is C22H30FN7OS. The number of aromatic nitrogens is 2. The van der Waals surface area contributed by atoms with Crippen LogP contribution in [-0.4, -0.2) is 65.3 Å². The molecule has 8 nitrogen and oxygen atoms in total. The summed E-state index contributed by atoms with van der Waals surface area (Å²) in [7, 11) is 0. The van der Waals surface area contributed by atoms with Crippen LogP contribution in [0.4, 0.5) is 10.3 Å². The predicted octanol–water partition coefficient (Wildman–Crippen LogP) is 2.39. The number of anilines is 1. The average Bonchev–Trinajstić information content (AvgIpc) is 2.76. The maximum Gasteiger partial charge on any atom is 0.229 e. The van der Waals surface area contributed by atoms with Crippen molar-refractivity contribution in [3.05, 3.63) is 53.1 Å². The highest BCUT2D eigenvalue weighted by Crippen LogP contribution is 2.06. The van der Waals surface area contributed by atoms with Crippen LogP contribution in [0.3, 0.4) is 0 Å². The molecule has 0 bridgehead atoms. The van der Waals surface area contributed by atoms with Gasteiger partial charge in [-0.15, -0.1) is 0 Å². The number of aliphatic imine (C=N–C) groups is 1. The Hall–Kier alpha value is -2.69. The van der Waals surface area contributed by atoms with E-state index in [-0.39, 0.29) is 5.82 Å². The van der Waals surface area contributed by atoms with E-state index < -0.39 is 0 Å². The van der Waals surface area contributed by atoms with Gasteiger partial charge in [0.05, 0.1) is 19.8 Å². The molecule has 10 heteroatoms. The molecule has 0 saturated carbocycles. The minimum Gasteiger partial charge on any atom is -0.379 e. The highest BCUT2D eigenvalue weighted by atomic mass is 32.1. The Morgan fingerprint density at radius 2 is 1.84 bits per heavy atom. The van der Waals surface area contributed by atoms with Gasteiger partial charge in [0.15, 0.2) is 5.11 Å². The van der Waals surface area contributed by atoms with E-state index in [2.05, 4.69) is 35.8 Å². The molecule has 2 heterocycles. The van der Waals surface area contributed by atoms with E-state index in [0.29, 0.717) is 23.6 Å². The standard InChI is InChI=1S/C22H30FN7OS/c1-16-14-17(2)27-21(26-16)28-20(25-15-18-4-6-19(23)7-5-18)29-22(32)24-8-3-9-30-10-12-31-13-11-30/h4-7,14H,3,8-13,15H2,1-2H3,(H3,24,25,26,27,28,29,32). The number of morpholine rings is 1. The molecule has 1 aliphatic rings. The van der Waals surface area contributed by atoms with Crippen LogP contribution >= 0.6 is 12.2 Å². The summed E-state index contributed by atoms with van der Waals surface area (Å²) in [6, 6.07) is 8.13. The maximum absolute atomic E-state index is 13.2. The zero-order valence-corrected chi connectivity index (χ0v) is 19.3. The van der Waals surface area contributed by atoms with Gasteiger partial charge < -0.3 is 15.4 Å². The van der Waals surface area contributed by atoms with Crippen LogP contribution in [0, 0.1) is 19.7 Å². The Labute approximate surface area is 193 Å². The van der Waals surface area contributed by atoms with Crippen molar-refractivity contribution in [2.24, 2.45) is 4.99 Å². The first kappa shape index (κ1) is 24.0. The van der Waals surface area contributed by atoms with E-state index in [1.165, 1.54) is 12.1 Å². The third kappa shape index (κ3) is 8.45. The lowest BCUT2D eigenvalue weighted by Crippen LogP contribution is -2.44. The molecule has 0 unspecified atom stereocenters. The van der Waals surface area contributed by atoms with E-state index in [4.69, 9.17) is 17.0 Å². The summed E-state index contributed by atoms with van der Waals surface area (Å²) in [4.78, 5) is 15.8. The van der Waals surface area contributed by atoms with Crippen molar-refractivity contribution >= 4 is 29.2 Å². The fourth-order valence-corrected chi connectivity index (χ4v) is 3.44. The number of aryl methyl sites for hydroxylation is 2. The molecule has 1 aromatic carbocycles. The second-order valence-corrected chi connectivity index (χ2v) is 7.99. The molecule has 0 radical (unpaired) electrons. The fraction of sp³-hybridized carbons (Fsp3) is 0.455. The highest BCUT2D eigenvalue weighted by Gasteiger charge is 2.10. The van der Waals surface area contributed by atoms with Gasteiger partial charge >= 0.3 is 0 Å². The van der Waals surface area contributed by atoms with Crippen molar-refractivity contribution in [2.45, 2.75) is 26.8 Å². The average molecular weight is 460 g/mol. The van der Waals surface area contributed by atoms with Crippen molar-refractivity contribution in [3.63, 3.8) is 0 Å². The van der Waals surface area contributed by atoms with Gasteiger partial charge in [0.1, 0.15) is 5.82 Å². The second kappa shape index (κ2) is 12.4. The van der Waals surface area contributed by atoms with E-state index in [0.717, 1.165) is 62.8 Å². The number of nitrogens with one attached hydrogen (secondary N) is 3. The quantitative estimate of drug-likeness (QED) is 0.252. The number of hydrogen-bond acceptors (Lipinski definition) is 6. The monoisotopic (exact) mass is 459 g/mol. The van der Waals surface area contributed by atoms with Crippen molar-refractivity contribution in [1.29, 1.82) is 0 Å². The summed E-state index contributed by atoms with van der Waals surface area (Å²) in [6.07, 6.45) is 0.970. The molecule has 1 saturated heterocycles. The Bertz CT molecular complexity index is 897. The van der Waals surface area contributed by atoms with Gasteiger partial charge in [-0.25, -0.2) is 19.4 Å². The SMILES string of the molecule is Cc1cc(C)nc(NC(=NCc2ccc(F)cc2)NC(=S)NCCCN2CCOCC2)n1. The van der Waals surface area contributed by atoms with E-state index in [1.807, 2.05) is 19.9 Å². The van der Waals surface area contributed by atoms with Crippen molar-refractivity contribution in [2.75, 3.05) is 44.7 Å². The maximum atomic E-state index is 13.2. The fourth-order valence-electron chi connectivity index (χ4n) is 3.24. The highest BCUT2D eigenvalue weighted by molar-refractivity contribution is 7.80. The van der Waals surface area contributed by atoms with Gasteiger partial charge in [-0.05, 0) is 62.8 Å². The number of hydrogen-bond donors (Lipinski definition) is 3. The van der Waals surface area contributed by atoms with Crippen LogP contribution in [0.25, 0.3) is 0 Å². The normalized spacial score (nSPS) is 14.8. The van der Waals surface area contributed by atoms with Crippen molar-refractivity contribution in [3.8, 4) is 0 Å². The van der Waals surface area contributed by atoms with Gasteiger partial charge in [-0.3, -0.25) is 10.2 Å². The van der Waals surface area contributed by atoms with E-state index >= 15 is 0 Å². The van der Waals surface area contributed by atoms with Crippen molar-refractivity contribution in [1.82, 2.24) is 25.5 Å². The molecule has 1 aliphatic heterocycles. The number of thiocarbonyl (C=S) groups is 1. The largest absolute Gasteiger partial charge is 0.379 e. The first-order chi connectivity index (χ1) is 15.5. The zero-order valence-electron chi connectivity index (χ0n) is 18.5. The lowest BCUT2D eigenvalue weighted by atomic mass is 10.2. The van der Waals surface area contributed by atoms with Gasteiger partial charge in [0.2, 0.25) is 11.9 Å². The molecule has 172 valence electrons. The second-order valence-electron chi connectivity index (χ2n) is 7.58. The molecule has 0 amide bonds. The molecule has 1 aromatic heterocycles. The molecule has 0 spiro atoms. The number of rotatable bonds is 7. The predicted molar refractivity (Wildman–Crippen MR) is 128 cm³/mol. The first-order valence-corrected chi connectivity index (χ1v) is 11.1. The topological polar surface area (TPSA) is 86.7 Å². The Balaban J connectivity index is 1.57. The zero-order chi connectivity index (χ0) is 22.8. The third-order valence-electron chi connectivity index (χ3n) is 4.82. The first-order valence-electron chi connectivity index (χ1n) is 10.7. The molecule has 1 fully saturated rings. The lowest BCUT2D eigenvalue weighted by molar-refractivity contribution is 0.0376. The molecule has 0 aliphatic carbocycles. The Morgan fingerprint density at radius 1 is 1.16 bits per heavy atom. The van der Waals surface area contributed by atoms with Crippen molar-refractivity contribution < 1.29 is 9.13 Å². The third-order valence-corrected chi connectivity index (χ3v) is 5.06. The number of ether oxygens (including phenoxy) is 1. The van der Waals surface area contributed by atoms with E-state index in [9.17, 15) is 4.39 Å². The van der Waals surface area contributed by atoms with Crippen LogP contribution in [0.15, 0.2) is 35.3 Å². The van der Waals surface area contributed by atoms with Gasteiger partial charge in [-0.2, -0.15) is 0 Å². The number of nitrogens with zero attached hydrogens (tertiary/aromatic N) is 4. The summed E-state index contributed by atoms with van der Waals surface area (Å²) < 4.78 is 18.6. The summed E-state index contributed by atoms with van der Waals surface area (Å²) in [5, 5.41) is 9.88. The van der Waals surface area contributed by atoms with Crippen LogP contribution in [0.1, 0.15) is 23.4 Å². The minimum absolute atomic E-state index is 0.278. The van der Waals surface area contributed by atoms with Crippen LogP contribution in [0.5, 0.6) is 0 Å². The summed E-state index contributed by atoms with van der Waals surface area (Å²) in [5.74, 6) is 0.577. The van der Waals surface area contributed by atoms with Gasteiger partial charge in [-0.1, -0.05) is 12.1 Å². The molecule has 3 N–H and O–H groups in total.